The molecule has 6 heteroatoms. The summed E-state index contributed by atoms with van der Waals surface area (Å²) < 4.78 is 0. The SMILES string of the molecule is OCC1CCN(c2cc(Cl)nc(Cl)n2)C1. The van der Waals surface area contributed by atoms with Crippen LogP contribution in [0.3, 0.4) is 0 Å². The summed E-state index contributed by atoms with van der Waals surface area (Å²) in [7, 11) is 0. The maximum Gasteiger partial charge on any atom is 0.225 e. The average Bonchev–Trinajstić information content (AvgIpc) is 2.64. The molecule has 0 aromatic carbocycles. The number of halogens is 2. The van der Waals surface area contributed by atoms with Crippen molar-refractivity contribution in [1.82, 2.24) is 9.97 Å². The van der Waals surface area contributed by atoms with Gasteiger partial charge >= 0.3 is 0 Å². The molecule has 4 nitrogen and oxygen atoms in total. The van der Waals surface area contributed by atoms with Crippen molar-refractivity contribution in [3.05, 3.63) is 16.5 Å². The van der Waals surface area contributed by atoms with Crippen molar-refractivity contribution in [2.45, 2.75) is 6.42 Å². The van der Waals surface area contributed by atoms with E-state index in [1.807, 2.05) is 0 Å². The van der Waals surface area contributed by atoms with Crippen molar-refractivity contribution in [1.29, 1.82) is 0 Å². The van der Waals surface area contributed by atoms with Gasteiger partial charge in [-0.3, -0.25) is 0 Å². The minimum absolute atomic E-state index is 0.157. The molecule has 0 spiro atoms. The summed E-state index contributed by atoms with van der Waals surface area (Å²) in [6, 6.07) is 1.69. The lowest BCUT2D eigenvalue weighted by Gasteiger charge is -2.17. The van der Waals surface area contributed by atoms with E-state index < -0.39 is 0 Å². The molecule has 1 fully saturated rings. The second kappa shape index (κ2) is 4.51. The standard InChI is InChI=1S/C9H11Cl2N3O/c10-7-3-8(13-9(11)12-7)14-2-1-6(4-14)5-15/h3,6,15H,1-2,4-5H2. The third-order valence-corrected chi connectivity index (χ3v) is 2.88. The molecule has 1 aromatic heterocycles. The van der Waals surface area contributed by atoms with E-state index in [1.54, 1.807) is 6.07 Å². The topological polar surface area (TPSA) is 49.2 Å². The Morgan fingerprint density at radius 3 is 2.87 bits per heavy atom. The summed E-state index contributed by atoms with van der Waals surface area (Å²) in [5.41, 5.74) is 0. The van der Waals surface area contributed by atoms with Crippen LogP contribution in [0.2, 0.25) is 10.4 Å². The first kappa shape index (κ1) is 10.9. The Bertz CT molecular complexity index is 341. The van der Waals surface area contributed by atoms with Gasteiger partial charge in [-0.1, -0.05) is 11.6 Å². The van der Waals surface area contributed by atoms with Gasteiger partial charge in [0.25, 0.3) is 0 Å². The smallest absolute Gasteiger partial charge is 0.225 e. The summed E-state index contributed by atoms with van der Waals surface area (Å²) in [6.07, 6.45) is 0.968. The van der Waals surface area contributed by atoms with Crippen LogP contribution in [0.4, 0.5) is 5.82 Å². The second-order valence-electron chi connectivity index (χ2n) is 3.60. The maximum atomic E-state index is 9.03. The zero-order chi connectivity index (χ0) is 10.8. The van der Waals surface area contributed by atoms with E-state index in [1.165, 1.54) is 0 Å². The van der Waals surface area contributed by atoms with Crippen molar-refractivity contribution in [3.63, 3.8) is 0 Å². The van der Waals surface area contributed by atoms with Gasteiger partial charge in [-0.25, -0.2) is 9.97 Å². The zero-order valence-corrected chi connectivity index (χ0v) is 9.54. The van der Waals surface area contributed by atoms with Crippen LogP contribution in [0, 0.1) is 5.92 Å². The Labute approximate surface area is 97.9 Å². The fraction of sp³-hybridized carbons (Fsp3) is 0.556. The number of nitrogens with zero attached hydrogens (tertiary/aromatic N) is 3. The van der Waals surface area contributed by atoms with Crippen LogP contribution >= 0.6 is 23.2 Å². The number of aliphatic hydroxyl groups excluding tert-OH is 1. The molecule has 2 heterocycles. The number of hydrogen-bond donors (Lipinski definition) is 1. The normalized spacial score (nSPS) is 21.0. The van der Waals surface area contributed by atoms with Crippen LogP contribution in [0.5, 0.6) is 0 Å². The third-order valence-electron chi connectivity index (χ3n) is 2.52. The molecule has 1 aliphatic heterocycles. The Kier molecular flexibility index (Phi) is 3.29. The molecule has 0 amide bonds. The lowest BCUT2D eigenvalue weighted by Crippen LogP contribution is -2.21. The second-order valence-corrected chi connectivity index (χ2v) is 4.33. The molecule has 1 unspecified atom stereocenters. The molecule has 0 bridgehead atoms. The summed E-state index contributed by atoms with van der Waals surface area (Å²) in [4.78, 5) is 9.94. The number of anilines is 1. The van der Waals surface area contributed by atoms with Gasteiger partial charge in [-0.2, -0.15) is 0 Å². The van der Waals surface area contributed by atoms with Crippen LogP contribution in [0.1, 0.15) is 6.42 Å². The molecular formula is C9H11Cl2N3O. The quantitative estimate of drug-likeness (QED) is 0.638. The highest BCUT2D eigenvalue weighted by molar-refractivity contribution is 6.32. The fourth-order valence-electron chi connectivity index (χ4n) is 1.73. The van der Waals surface area contributed by atoms with Crippen molar-refractivity contribution in [2.75, 3.05) is 24.6 Å². The van der Waals surface area contributed by atoms with Gasteiger partial charge in [0.1, 0.15) is 11.0 Å². The molecule has 1 aliphatic rings. The van der Waals surface area contributed by atoms with Crippen molar-refractivity contribution in [3.8, 4) is 0 Å². The Morgan fingerprint density at radius 1 is 1.47 bits per heavy atom. The van der Waals surface area contributed by atoms with E-state index in [4.69, 9.17) is 28.3 Å². The molecule has 1 aromatic rings. The van der Waals surface area contributed by atoms with Gasteiger partial charge in [-0.05, 0) is 18.0 Å². The molecule has 1 N–H and O–H groups in total. The van der Waals surface area contributed by atoms with E-state index in [0.29, 0.717) is 11.1 Å². The molecule has 0 saturated carbocycles. The number of hydrogen-bond acceptors (Lipinski definition) is 4. The summed E-state index contributed by atoms with van der Waals surface area (Å²) >= 11 is 11.5. The Morgan fingerprint density at radius 2 is 2.27 bits per heavy atom. The van der Waals surface area contributed by atoms with E-state index in [2.05, 4.69) is 14.9 Å². The third kappa shape index (κ3) is 2.51. The molecule has 1 saturated heterocycles. The van der Waals surface area contributed by atoms with Gasteiger partial charge in [-0.15, -0.1) is 0 Å². The number of rotatable bonds is 2. The van der Waals surface area contributed by atoms with Gasteiger partial charge in [0, 0.05) is 31.7 Å². The van der Waals surface area contributed by atoms with Crippen LogP contribution in [-0.4, -0.2) is 34.8 Å². The van der Waals surface area contributed by atoms with Crippen molar-refractivity contribution < 1.29 is 5.11 Å². The molecule has 0 radical (unpaired) electrons. The lowest BCUT2D eigenvalue weighted by molar-refractivity contribution is 0.238. The van der Waals surface area contributed by atoms with Crippen LogP contribution in [0.25, 0.3) is 0 Å². The van der Waals surface area contributed by atoms with Crippen molar-refractivity contribution >= 4 is 29.0 Å². The molecule has 82 valence electrons. The maximum absolute atomic E-state index is 9.03. The van der Waals surface area contributed by atoms with Gasteiger partial charge in [0.15, 0.2) is 0 Å². The van der Waals surface area contributed by atoms with E-state index >= 15 is 0 Å². The molecular weight excluding hydrogens is 237 g/mol. The van der Waals surface area contributed by atoms with Gasteiger partial charge < -0.3 is 10.0 Å². The Hall–Kier alpha value is -0.580. The highest BCUT2D eigenvalue weighted by Crippen LogP contribution is 2.24. The predicted molar refractivity (Wildman–Crippen MR) is 59.5 cm³/mol. The minimum Gasteiger partial charge on any atom is -0.396 e. The molecule has 15 heavy (non-hydrogen) atoms. The minimum atomic E-state index is 0.157. The average molecular weight is 248 g/mol. The first-order chi connectivity index (χ1) is 7.19. The van der Waals surface area contributed by atoms with E-state index in [0.717, 1.165) is 25.3 Å². The van der Waals surface area contributed by atoms with Crippen LogP contribution in [0.15, 0.2) is 6.07 Å². The van der Waals surface area contributed by atoms with Crippen LogP contribution < -0.4 is 4.90 Å². The summed E-state index contributed by atoms with van der Waals surface area (Å²) in [5, 5.41) is 9.53. The fourth-order valence-corrected chi connectivity index (χ4v) is 2.13. The summed E-state index contributed by atoms with van der Waals surface area (Å²) in [6.45, 7) is 1.87. The highest BCUT2D eigenvalue weighted by Gasteiger charge is 2.23. The van der Waals surface area contributed by atoms with Crippen molar-refractivity contribution in [2.24, 2.45) is 5.92 Å². The number of aromatic nitrogens is 2. The van der Waals surface area contributed by atoms with Gasteiger partial charge in [0.2, 0.25) is 5.28 Å². The largest absolute Gasteiger partial charge is 0.396 e. The predicted octanol–water partition coefficient (Wildman–Crippen LogP) is 1.60. The Balaban J connectivity index is 2.16. The van der Waals surface area contributed by atoms with Crippen LogP contribution in [-0.2, 0) is 0 Å². The zero-order valence-electron chi connectivity index (χ0n) is 8.03. The first-order valence-electron chi connectivity index (χ1n) is 4.75. The molecule has 1 atom stereocenters. The molecule has 2 rings (SSSR count). The van der Waals surface area contributed by atoms with E-state index in [-0.39, 0.29) is 11.9 Å². The molecule has 0 aliphatic carbocycles. The lowest BCUT2D eigenvalue weighted by atomic mass is 10.1. The van der Waals surface area contributed by atoms with Gasteiger partial charge in [0.05, 0.1) is 0 Å². The van der Waals surface area contributed by atoms with E-state index in [9.17, 15) is 0 Å². The number of aliphatic hydroxyl groups is 1. The highest BCUT2D eigenvalue weighted by atomic mass is 35.5. The monoisotopic (exact) mass is 247 g/mol. The first-order valence-corrected chi connectivity index (χ1v) is 5.50. The summed E-state index contributed by atoms with van der Waals surface area (Å²) in [5.74, 6) is 1.05.